The second-order valence-electron chi connectivity index (χ2n) is 3.64. The summed E-state index contributed by atoms with van der Waals surface area (Å²) in [5, 5.41) is 0.0301. The molecule has 2 rings (SSSR count). The smallest absolute Gasteiger partial charge is 0.214 e. The van der Waals surface area contributed by atoms with Crippen molar-refractivity contribution in [1.82, 2.24) is 9.97 Å². The van der Waals surface area contributed by atoms with Gasteiger partial charge in [-0.2, -0.15) is 0 Å². The third-order valence-corrected chi connectivity index (χ3v) is 3.18. The Hall–Kier alpha value is -1.33. The van der Waals surface area contributed by atoms with Crippen LogP contribution in [0.15, 0.2) is 17.3 Å². The summed E-state index contributed by atoms with van der Waals surface area (Å²) in [6.07, 6.45) is 0. The zero-order chi connectivity index (χ0) is 11.2. The molecule has 5 heteroatoms. The van der Waals surface area contributed by atoms with Crippen molar-refractivity contribution in [2.75, 3.05) is 0 Å². The Labute approximate surface area is 88.2 Å². The van der Waals surface area contributed by atoms with Gasteiger partial charge in [-0.1, -0.05) is 0 Å². The third kappa shape index (κ3) is 1.75. The number of aromatic amines is 1. The van der Waals surface area contributed by atoms with Crippen molar-refractivity contribution in [2.24, 2.45) is 0 Å². The molecule has 0 spiro atoms. The molecule has 15 heavy (non-hydrogen) atoms. The van der Waals surface area contributed by atoms with E-state index >= 15 is 0 Å². The van der Waals surface area contributed by atoms with E-state index in [0.717, 1.165) is 16.6 Å². The summed E-state index contributed by atoms with van der Waals surface area (Å²) in [6.45, 7) is 3.96. The van der Waals surface area contributed by atoms with Gasteiger partial charge in [0.1, 0.15) is 9.80 Å². The van der Waals surface area contributed by atoms with Gasteiger partial charge in [-0.3, -0.25) is 0 Å². The minimum Gasteiger partial charge on any atom is -0.329 e. The van der Waals surface area contributed by atoms with Crippen LogP contribution in [-0.4, -0.2) is 24.6 Å². The van der Waals surface area contributed by atoms with Crippen molar-refractivity contribution in [1.29, 1.82) is 0 Å². The molecule has 2 N–H and O–H groups in total. The van der Waals surface area contributed by atoms with Crippen LogP contribution in [0.2, 0.25) is 0 Å². The zero-order valence-electron chi connectivity index (χ0n) is 8.57. The molecule has 0 fully saturated rings. The van der Waals surface area contributed by atoms with Gasteiger partial charge in [-0.05, 0) is 43.0 Å². The number of hydrogen-bond donors (Lipinski definition) is 2. The average Bonchev–Trinajstić information content (AvgIpc) is 2.47. The number of hydrogen-bond acceptors (Lipinski definition) is 2. The average molecular weight is 224 g/mol. The monoisotopic (exact) mass is 224 g/mol. The molecule has 1 unspecified atom stereocenters. The third-order valence-electron chi connectivity index (χ3n) is 2.38. The number of aryl methyl sites for hydroxylation is 2. The van der Waals surface area contributed by atoms with E-state index in [1.54, 1.807) is 0 Å². The van der Waals surface area contributed by atoms with Gasteiger partial charge in [0.05, 0.1) is 11.0 Å². The highest BCUT2D eigenvalue weighted by molar-refractivity contribution is 7.94. The van der Waals surface area contributed by atoms with E-state index < -0.39 is 9.80 Å². The van der Waals surface area contributed by atoms with Crippen LogP contribution in [0.4, 0.5) is 0 Å². The SMILES string of the molecule is C=S(=O)(O)c1nc2cc(C)c(C)cc2[nH]1. The van der Waals surface area contributed by atoms with Gasteiger partial charge in [0.2, 0.25) is 5.16 Å². The molecule has 0 aliphatic rings. The number of rotatable bonds is 1. The summed E-state index contributed by atoms with van der Waals surface area (Å²) in [7, 11) is -3.26. The molecule has 1 aromatic carbocycles. The molecular weight excluding hydrogens is 212 g/mol. The van der Waals surface area contributed by atoms with E-state index in [9.17, 15) is 8.76 Å². The molecule has 0 aliphatic carbocycles. The van der Waals surface area contributed by atoms with Crippen molar-refractivity contribution in [2.45, 2.75) is 19.0 Å². The Morgan fingerprint density at radius 1 is 1.40 bits per heavy atom. The van der Waals surface area contributed by atoms with Crippen LogP contribution >= 0.6 is 0 Å². The second-order valence-corrected chi connectivity index (χ2v) is 5.30. The fourth-order valence-electron chi connectivity index (χ4n) is 1.40. The minimum absolute atomic E-state index is 0.0301. The second kappa shape index (κ2) is 3.08. The van der Waals surface area contributed by atoms with E-state index in [1.807, 2.05) is 26.0 Å². The first kappa shape index (κ1) is 10.2. The van der Waals surface area contributed by atoms with Gasteiger partial charge in [-0.25, -0.2) is 9.19 Å². The molecule has 1 heterocycles. The van der Waals surface area contributed by atoms with Gasteiger partial charge in [0.15, 0.2) is 0 Å². The Morgan fingerprint density at radius 3 is 2.60 bits per heavy atom. The Kier molecular flexibility index (Phi) is 2.09. The largest absolute Gasteiger partial charge is 0.329 e. The Bertz CT molecular complexity index is 587. The molecule has 1 aromatic heterocycles. The summed E-state index contributed by atoms with van der Waals surface area (Å²) in [5.41, 5.74) is 3.68. The number of imidazole rings is 1. The number of benzene rings is 1. The summed E-state index contributed by atoms with van der Waals surface area (Å²) in [4.78, 5) is 6.85. The van der Waals surface area contributed by atoms with Crippen LogP contribution in [0.5, 0.6) is 0 Å². The highest BCUT2D eigenvalue weighted by Gasteiger charge is 2.10. The molecular formula is C10H12N2O2S. The van der Waals surface area contributed by atoms with Gasteiger partial charge >= 0.3 is 0 Å². The van der Waals surface area contributed by atoms with Crippen LogP contribution in [0.1, 0.15) is 11.1 Å². The predicted molar refractivity (Wildman–Crippen MR) is 61.7 cm³/mol. The maximum absolute atomic E-state index is 11.3. The van der Waals surface area contributed by atoms with Crippen LogP contribution in [0.3, 0.4) is 0 Å². The Morgan fingerprint density at radius 2 is 2.00 bits per heavy atom. The predicted octanol–water partition coefficient (Wildman–Crippen LogP) is 1.73. The quantitative estimate of drug-likeness (QED) is 0.725. The van der Waals surface area contributed by atoms with E-state index in [4.69, 9.17) is 0 Å². The standard InChI is InChI=1S/C10H12N2O2S/c1-6-4-8-9(5-7(6)2)12-10(11-8)15(3,13)14/h4-5H,3H2,1-2H3,(H,11,12)(H,13,14). The van der Waals surface area contributed by atoms with E-state index in [0.29, 0.717) is 5.52 Å². The highest BCUT2D eigenvalue weighted by Crippen LogP contribution is 2.18. The van der Waals surface area contributed by atoms with Gasteiger partial charge in [0.25, 0.3) is 0 Å². The first-order chi connectivity index (χ1) is 6.88. The van der Waals surface area contributed by atoms with E-state index in [-0.39, 0.29) is 5.16 Å². The van der Waals surface area contributed by atoms with Crippen LogP contribution in [0.25, 0.3) is 11.0 Å². The summed E-state index contributed by atoms with van der Waals surface area (Å²) in [6, 6.07) is 3.79. The summed E-state index contributed by atoms with van der Waals surface area (Å²) in [5.74, 6) is 3.17. The fourth-order valence-corrected chi connectivity index (χ4v) is 1.91. The number of nitrogens with zero attached hydrogens (tertiary/aromatic N) is 1. The maximum Gasteiger partial charge on any atom is 0.214 e. The molecule has 0 aliphatic heterocycles. The summed E-state index contributed by atoms with van der Waals surface area (Å²) < 4.78 is 20.5. The minimum atomic E-state index is -3.26. The summed E-state index contributed by atoms with van der Waals surface area (Å²) >= 11 is 0. The van der Waals surface area contributed by atoms with E-state index in [1.165, 1.54) is 0 Å². The zero-order valence-corrected chi connectivity index (χ0v) is 9.39. The first-order valence-corrected chi connectivity index (χ1v) is 6.13. The topological polar surface area (TPSA) is 66.0 Å². The van der Waals surface area contributed by atoms with Crippen LogP contribution in [-0.2, 0) is 9.80 Å². The molecule has 0 amide bonds. The lowest BCUT2D eigenvalue weighted by Gasteiger charge is -1.97. The lowest BCUT2D eigenvalue weighted by molar-refractivity contribution is 0.553. The number of H-pyrrole nitrogens is 1. The van der Waals surface area contributed by atoms with Gasteiger partial charge in [0, 0.05) is 0 Å². The normalized spacial score (nSPS) is 15.4. The molecule has 0 saturated heterocycles. The molecule has 4 nitrogen and oxygen atoms in total. The lowest BCUT2D eigenvalue weighted by atomic mass is 10.1. The number of nitrogens with one attached hydrogen (secondary N) is 1. The number of aromatic nitrogens is 2. The van der Waals surface area contributed by atoms with Crippen molar-refractivity contribution in [3.05, 3.63) is 23.3 Å². The van der Waals surface area contributed by atoms with Crippen LogP contribution < -0.4 is 0 Å². The first-order valence-electron chi connectivity index (χ1n) is 4.44. The molecule has 80 valence electrons. The molecule has 0 saturated carbocycles. The van der Waals surface area contributed by atoms with Crippen molar-refractivity contribution in [3.63, 3.8) is 0 Å². The lowest BCUT2D eigenvalue weighted by Crippen LogP contribution is -1.99. The van der Waals surface area contributed by atoms with Crippen molar-refractivity contribution < 1.29 is 8.76 Å². The van der Waals surface area contributed by atoms with Gasteiger partial charge in [-0.15, -0.1) is 0 Å². The molecule has 0 bridgehead atoms. The van der Waals surface area contributed by atoms with Crippen molar-refractivity contribution in [3.8, 4) is 0 Å². The van der Waals surface area contributed by atoms with Crippen LogP contribution in [0, 0.1) is 13.8 Å². The highest BCUT2D eigenvalue weighted by atomic mass is 32.2. The number of fused-ring (bicyclic) bond motifs is 1. The van der Waals surface area contributed by atoms with Crippen molar-refractivity contribution >= 4 is 26.7 Å². The van der Waals surface area contributed by atoms with E-state index in [2.05, 4.69) is 15.8 Å². The Balaban J connectivity index is 2.77. The molecule has 2 aromatic rings. The fraction of sp³-hybridized carbons (Fsp3) is 0.200. The molecule has 0 radical (unpaired) electrons. The molecule has 1 atom stereocenters. The van der Waals surface area contributed by atoms with Gasteiger partial charge < -0.3 is 9.54 Å². The maximum atomic E-state index is 11.3.